The number of piperazine rings is 1. The lowest BCUT2D eigenvalue weighted by atomic mass is 10.3. The fourth-order valence-corrected chi connectivity index (χ4v) is 2.19. The molecule has 0 spiro atoms. The van der Waals surface area contributed by atoms with Crippen LogP contribution >= 0.6 is 0 Å². The van der Waals surface area contributed by atoms with Crippen molar-refractivity contribution in [1.82, 2.24) is 20.4 Å². The van der Waals surface area contributed by atoms with Crippen molar-refractivity contribution in [3.05, 3.63) is 17.8 Å². The Labute approximate surface area is 124 Å². The Bertz CT molecular complexity index is 495. The summed E-state index contributed by atoms with van der Waals surface area (Å²) in [5.74, 6) is 0.645. The number of rotatable bonds is 4. The zero-order valence-corrected chi connectivity index (χ0v) is 12.5. The highest BCUT2D eigenvalue weighted by Crippen LogP contribution is 2.12. The van der Waals surface area contributed by atoms with Crippen LogP contribution in [0.25, 0.3) is 0 Å². The van der Waals surface area contributed by atoms with Gasteiger partial charge in [0.15, 0.2) is 11.5 Å². The molecule has 1 aromatic heterocycles. The van der Waals surface area contributed by atoms with Gasteiger partial charge in [-0.1, -0.05) is 6.92 Å². The van der Waals surface area contributed by atoms with Crippen molar-refractivity contribution in [1.29, 1.82) is 0 Å². The zero-order valence-electron chi connectivity index (χ0n) is 12.5. The number of aromatic nitrogens is 2. The Kier molecular flexibility index (Phi) is 5.08. The summed E-state index contributed by atoms with van der Waals surface area (Å²) in [7, 11) is 0. The maximum atomic E-state index is 11.7. The molecule has 0 saturated carbocycles. The molecule has 21 heavy (non-hydrogen) atoms. The Hall–Kier alpha value is -2.18. The maximum absolute atomic E-state index is 11.7. The molecule has 1 aliphatic heterocycles. The van der Waals surface area contributed by atoms with Gasteiger partial charge in [0.05, 0.1) is 0 Å². The van der Waals surface area contributed by atoms with Crippen LogP contribution in [-0.2, 0) is 4.79 Å². The summed E-state index contributed by atoms with van der Waals surface area (Å²) in [4.78, 5) is 26.9. The third kappa shape index (κ3) is 3.90. The minimum Gasteiger partial charge on any atom is -0.352 e. The van der Waals surface area contributed by atoms with Gasteiger partial charge in [0.1, 0.15) is 0 Å². The van der Waals surface area contributed by atoms with Crippen LogP contribution in [0.1, 0.15) is 30.8 Å². The monoisotopic (exact) mass is 291 g/mol. The number of carbonyl (C=O) groups is 2. The highest BCUT2D eigenvalue weighted by Gasteiger charge is 2.20. The van der Waals surface area contributed by atoms with Gasteiger partial charge >= 0.3 is 0 Å². The van der Waals surface area contributed by atoms with Crippen molar-refractivity contribution in [2.75, 3.05) is 37.6 Å². The molecule has 7 heteroatoms. The van der Waals surface area contributed by atoms with Gasteiger partial charge in [0.2, 0.25) is 5.91 Å². The van der Waals surface area contributed by atoms with E-state index in [2.05, 4.69) is 20.4 Å². The fourth-order valence-electron chi connectivity index (χ4n) is 2.19. The van der Waals surface area contributed by atoms with E-state index in [1.807, 2.05) is 11.8 Å². The van der Waals surface area contributed by atoms with Crippen LogP contribution in [0.5, 0.6) is 0 Å². The van der Waals surface area contributed by atoms with E-state index in [1.165, 1.54) is 0 Å². The summed E-state index contributed by atoms with van der Waals surface area (Å²) >= 11 is 0. The number of hydrogen-bond donors (Lipinski definition) is 1. The van der Waals surface area contributed by atoms with Gasteiger partial charge in [-0.2, -0.15) is 0 Å². The molecule has 2 amide bonds. The van der Waals surface area contributed by atoms with E-state index < -0.39 is 0 Å². The smallest absolute Gasteiger partial charge is 0.271 e. The van der Waals surface area contributed by atoms with Crippen molar-refractivity contribution in [2.45, 2.75) is 20.3 Å². The van der Waals surface area contributed by atoms with Crippen LogP contribution < -0.4 is 10.2 Å². The van der Waals surface area contributed by atoms with E-state index in [0.29, 0.717) is 25.3 Å². The van der Waals surface area contributed by atoms with Crippen LogP contribution in [0.4, 0.5) is 5.82 Å². The highest BCUT2D eigenvalue weighted by molar-refractivity contribution is 5.92. The van der Waals surface area contributed by atoms with E-state index in [4.69, 9.17) is 0 Å². The van der Waals surface area contributed by atoms with Crippen molar-refractivity contribution >= 4 is 17.6 Å². The van der Waals surface area contributed by atoms with Crippen LogP contribution in [0.3, 0.4) is 0 Å². The summed E-state index contributed by atoms with van der Waals surface area (Å²) < 4.78 is 0. The molecular formula is C14H21N5O2. The third-order valence-corrected chi connectivity index (χ3v) is 3.47. The normalized spacial score (nSPS) is 15.0. The van der Waals surface area contributed by atoms with Crippen molar-refractivity contribution in [3.63, 3.8) is 0 Å². The van der Waals surface area contributed by atoms with Crippen molar-refractivity contribution in [3.8, 4) is 0 Å². The fraction of sp³-hybridized carbons (Fsp3) is 0.571. The minimum absolute atomic E-state index is 0.101. The molecule has 1 aliphatic rings. The summed E-state index contributed by atoms with van der Waals surface area (Å²) in [5, 5.41) is 10.9. The molecule has 0 radical (unpaired) electrons. The molecule has 1 aromatic rings. The zero-order chi connectivity index (χ0) is 15.2. The Morgan fingerprint density at radius 2 is 1.90 bits per heavy atom. The topological polar surface area (TPSA) is 78.4 Å². The van der Waals surface area contributed by atoms with E-state index >= 15 is 0 Å². The van der Waals surface area contributed by atoms with Crippen molar-refractivity contribution in [2.24, 2.45) is 0 Å². The number of nitrogens with zero attached hydrogens (tertiary/aromatic N) is 4. The highest BCUT2D eigenvalue weighted by atomic mass is 16.2. The lowest BCUT2D eigenvalue weighted by molar-refractivity contribution is -0.129. The van der Waals surface area contributed by atoms with Gasteiger partial charge in [0, 0.05) is 39.6 Å². The maximum Gasteiger partial charge on any atom is 0.271 e. The van der Waals surface area contributed by atoms with Crippen LogP contribution in [0.15, 0.2) is 12.1 Å². The van der Waals surface area contributed by atoms with E-state index in [-0.39, 0.29) is 11.8 Å². The molecule has 1 fully saturated rings. The first-order valence-corrected chi connectivity index (χ1v) is 7.24. The molecule has 0 atom stereocenters. The molecule has 2 rings (SSSR count). The first-order chi connectivity index (χ1) is 10.1. The summed E-state index contributed by atoms with van der Waals surface area (Å²) in [6.07, 6.45) is 0.887. The summed E-state index contributed by atoms with van der Waals surface area (Å²) in [6, 6.07) is 3.49. The Balaban J connectivity index is 1.94. The number of amides is 2. The molecule has 0 unspecified atom stereocenters. The van der Waals surface area contributed by atoms with Gasteiger partial charge in [-0.25, -0.2) is 0 Å². The first-order valence-electron chi connectivity index (χ1n) is 7.24. The van der Waals surface area contributed by atoms with Gasteiger partial charge < -0.3 is 15.1 Å². The van der Waals surface area contributed by atoms with E-state index in [9.17, 15) is 9.59 Å². The van der Waals surface area contributed by atoms with Gasteiger partial charge in [-0.05, 0) is 18.6 Å². The lowest BCUT2D eigenvalue weighted by Crippen LogP contribution is -2.48. The van der Waals surface area contributed by atoms with Gasteiger partial charge in [0.25, 0.3) is 5.91 Å². The standard InChI is InChI=1S/C14H21N5O2/c1-3-6-15-14(21)12-4-5-13(17-16-12)19-9-7-18(8-10-19)11(2)20/h4-5H,3,6-10H2,1-2H3,(H,15,21). The Morgan fingerprint density at radius 1 is 1.19 bits per heavy atom. The molecule has 0 aromatic carbocycles. The van der Waals surface area contributed by atoms with Gasteiger partial charge in [-0.15, -0.1) is 10.2 Å². The predicted molar refractivity (Wildman–Crippen MR) is 79.1 cm³/mol. The second kappa shape index (κ2) is 7.01. The SMILES string of the molecule is CCCNC(=O)c1ccc(N2CCN(C(C)=O)CC2)nn1. The molecule has 2 heterocycles. The van der Waals surface area contributed by atoms with Gasteiger partial charge in [-0.3, -0.25) is 9.59 Å². The molecule has 1 N–H and O–H groups in total. The average Bonchev–Trinajstić information content (AvgIpc) is 2.53. The predicted octanol–water partition coefficient (Wildman–Crippen LogP) is 0.285. The molecule has 0 bridgehead atoms. The molecule has 7 nitrogen and oxygen atoms in total. The van der Waals surface area contributed by atoms with Crippen LogP contribution in [-0.4, -0.2) is 59.6 Å². The van der Waals surface area contributed by atoms with E-state index in [1.54, 1.807) is 19.1 Å². The largest absolute Gasteiger partial charge is 0.352 e. The number of hydrogen-bond acceptors (Lipinski definition) is 5. The quantitative estimate of drug-likeness (QED) is 0.862. The third-order valence-electron chi connectivity index (χ3n) is 3.47. The molecule has 0 aliphatic carbocycles. The second-order valence-electron chi connectivity index (χ2n) is 5.03. The molecule has 1 saturated heterocycles. The first kappa shape index (κ1) is 15.2. The Morgan fingerprint density at radius 3 is 2.43 bits per heavy atom. The number of anilines is 1. The van der Waals surface area contributed by atoms with Crippen molar-refractivity contribution < 1.29 is 9.59 Å². The van der Waals surface area contributed by atoms with Crippen LogP contribution in [0, 0.1) is 0 Å². The molecule has 114 valence electrons. The summed E-state index contributed by atoms with van der Waals surface area (Å²) in [5.41, 5.74) is 0.328. The lowest BCUT2D eigenvalue weighted by Gasteiger charge is -2.34. The number of nitrogens with one attached hydrogen (secondary N) is 1. The second-order valence-corrected chi connectivity index (χ2v) is 5.03. The summed E-state index contributed by atoms with van der Waals surface area (Å²) in [6.45, 7) is 7.06. The van der Waals surface area contributed by atoms with Crippen LogP contribution in [0.2, 0.25) is 0 Å². The average molecular weight is 291 g/mol. The van der Waals surface area contributed by atoms with E-state index in [0.717, 1.165) is 25.3 Å². The minimum atomic E-state index is -0.197. The number of carbonyl (C=O) groups excluding carboxylic acids is 2. The molecular weight excluding hydrogens is 270 g/mol.